The van der Waals surface area contributed by atoms with Crippen molar-refractivity contribution in [3.05, 3.63) is 83.9 Å². The number of nitrogens with zero attached hydrogens (tertiary/aromatic N) is 1. The van der Waals surface area contributed by atoms with Crippen LogP contribution in [0.1, 0.15) is 15.9 Å². The van der Waals surface area contributed by atoms with Crippen LogP contribution in [0, 0.1) is 5.82 Å². The van der Waals surface area contributed by atoms with E-state index in [1.54, 1.807) is 31.5 Å². The summed E-state index contributed by atoms with van der Waals surface area (Å²) in [5.41, 5.74) is 1.98. The molecule has 2 aromatic carbocycles. The molecule has 29 heavy (non-hydrogen) atoms. The minimum atomic E-state index is -0.306. The highest BCUT2D eigenvalue weighted by atomic mass is 19.1. The lowest BCUT2D eigenvalue weighted by Crippen LogP contribution is -2.23. The van der Waals surface area contributed by atoms with Crippen LogP contribution in [0.15, 0.2) is 67.0 Å². The Morgan fingerprint density at radius 1 is 1.03 bits per heavy atom. The topological polar surface area (TPSA) is 72.5 Å². The molecule has 0 saturated carbocycles. The van der Waals surface area contributed by atoms with E-state index < -0.39 is 0 Å². The van der Waals surface area contributed by atoms with Crippen LogP contribution >= 0.6 is 0 Å². The summed E-state index contributed by atoms with van der Waals surface area (Å²) >= 11 is 0. The van der Waals surface area contributed by atoms with Crippen LogP contribution in [0.4, 0.5) is 10.1 Å². The summed E-state index contributed by atoms with van der Waals surface area (Å²) in [4.78, 5) is 16.4. The molecule has 0 fully saturated rings. The number of carbonyl (C=O) groups excluding carboxylic acids is 1. The van der Waals surface area contributed by atoms with Crippen LogP contribution in [-0.2, 0) is 6.54 Å². The van der Waals surface area contributed by atoms with Crippen molar-refractivity contribution in [2.45, 2.75) is 6.54 Å². The molecular formula is C22H22FN3O3. The van der Waals surface area contributed by atoms with Gasteiger partial charge >= 0.3 is 0 Å². The first kappa shape index (κ1) is 20.1. The Morgan fingerprint density at radius 3 is 2.48 bits per heavy atom. The fourth-order valence-corrected chi connectivity index (χ4v) is 2.58. The summed E-state index contributed by atoms with van der Waals surface area (Å²) in [6, 6.07) is 15.1. The Bertz CT molecular complexity index is 931. The molecule has 0 atom stereocenters. The number of nitrogens with one attached hydrogen (secondary N) is 2. The molecule has 0 bridgehead atoms. The van der Waals surface area contributed by atoms with Crippen LogP contribution in [0.5, 0.6) is 11.5 Å². The molecule has 2 N–H and O–H groups in total. The molecule has 0 aliphatic heterocycles. The van der Waals surface area contributed by atoms with Crippen LogP contribution in [0.2, 0.25) is 0 Å². The third-order valence-electron chi connectivity index (χ3n) is 4.13. The summed E-state index contributed by atoms with van der Waals surface area (Å²) in [7, 11) is 1.62. The quantitative estimate of drug-likeness (QED) is 0.541. The first-order chi connectivity index (χ1) is 14.1. The zero-order valence-corrected chi connectivity index (χ0v) is 16.0. The van der Waals surface area contributed by atoms with Crippen LogP contribution in [0.3, 0.4) is 0 Å². The van der Waals surface area contributed by atoms with E-state index in [0.717, 1.165) is 22.7 Å². The van der Waals surface area contributed by atoms with Crippen molar-refractivity contribution in [3.63, 3.8) is 0 Å². The molecule has 1 heterocycles. The van der Waals surface area contributed by atoms with Crippen molar-refractivity contribution in [2.24, 2.45) is 0 Å². The van der Waals surface area contributed by atoms with Gasteiger partial charge < -0.3 is 20.1 Å². The Kier molecular flexibility index (Phi) is 7.00. The van der Waals surface area contributed by atoms with Crippen molar-refractivity contribution in [3.8, 4) is 11.5 Å². The molecular weight excluding hydrogens is 373 g/mol. The molecule has 3 aromatic rings. The molecule has 0 unspecified atom stereocenters. The van der Waals surface area contributed by atoms with Crippen molar-refractivity contribution in [1.29, 1.82) is 0 Å². The molecule has 0 spiro atoms. The van der Waals surface area contributed by atoms with Gasteiger partial charge in [-0.3, -0.25) is 9.78 Å². The first-order valence-corrected chi connectivity index (χ1v) is 9.12. The van der Waals surface area contributed by atoms with E-state index in [9.17, 15) is 9.18 Å². The average molecular weight is 395 g/mol. The predicted molar refractivity (Wildman–Crippen MR) is 109 cm³/mol. The number of benzene rings is 2. The number of pyridine rings is 1. The summed E-state index contributed by atoms with van der Waals surface area (Å²) in [5, 5.41) is 5.97. The van der Waals surface area contributed by atoms with E-state index in [2.05, 4.69) is 15.6 Å². The number of halogens is 1. The highest BCUT2D eigenvalue weighted by Crippen LogP contribution is 2.17. The summed E-state index contributed by atoms with van der Waals surface area (Å²) < 4.78 is 23.7. The fourth-order valence-electron chi connectivity index (χ4n) is 2.58. The lowest BCUT2D eigenvalue weighted by molar-refractivity contribution is 0.0950. The standard InChI is InChI=1S/C22H22FN3O3/c1-28-20-6-8-21(9-7-20)29-11-10-25-19-12-17(14-24-15-19)22(27)26-13-16-2-4-18(23)5-3-16/h2-9,12,14-15,25H,10-11,13H2,1H3,(H,26,27). The Labute approximate surface area is 168 Å². The second-order valence-electron chi connectivity index (χ2n) is 6.22. The second-order valence-corrected chi connectivity index (χ2v) is 6.22. The van der Waals surface area contributed by atoms with E-state index in [1.807, 2.05) is 24.3 Å². The van der Waals surface area contributed by atoms with E-state index in [0.29, 0.717) is 25.3 Å². The SMILES string of the molecule is COc1ccc(OCCNc2cncc(C(=O)NCc3ccc(F)cc3)c2)cc1. The molecule has 0 aliphatic rings. The Balaban J connectivity index is 1.45. The zero-order chi connectivity index (χ0) is 20.5. The lowest BCUT2D eigenvalue weighted by atomic mass is 10.2. The minimum Gasteiger partial charge on any atom is -0.497 e. The van der Waals surface area contributed by atoms with Crippen LogP contribution < -0.4 is 20.1 Å². The zero-order valence-electron chi connectivity index (χ0n) is 16.0. The monoisotopic (exact) mass is 395 g/mol. The fraction of sp³-hybridized carbons (Fsp3) is 0.182. The molecule has 7 heteroatoms. The normalized spacial score (nSPS) is 10.3. The van der Waals surface area contributed by atoms with Crippen molar-refractivity contribution < 1.29 is 18.7 Å². The maximum Gasteiger partial charge on any atom is 0.253 e. The number of anilines is 1. The van der Waals surface area contributed by atoms with E-state index >= 15 is 0 Å². The van der Waals surface area contributed by atoms with Crippen molar-refractivity contribution in [1.82, 2.24) is 10.3 Å². The van der Waals surface area contributed by atoms with Gasteiger partial charge in [-0.2, -0.15) is 0 Å². The number of aromatic nitrogens is 1. The third-order valence-corrected chi connectivity index (χ3v) is 4.13. The number of carbonyl (C=O) groups is 1. The van der Waals surface area contributed by atoms with E-state index in [1.165, 1.54) is 18.3 Å². The van der Waals surface area contributed by atoms with E-state index in [-0.39, 0.29) is 11.7 Å². The molecule has 1 aromatic heterocycles. The smallest absolute Gasteiger partial charge is 0.253 e. The number of amides is 1. The molecule has 1 amide bonds. The van der Waals surface area contributed by atoms with Crippen LogP contribution in [0.25, 0.3) is 0 Å². The average Bonchev–Trinajstić information content (AvgIpc) is 2.77. The minimum absolute atomic E-state index is 0.250. The van der Waals surface area contributed by atoms with Gasteiger partial charge in [0, 0.05) is 25.5 Å². The number of ether oxygens (including phenoxy) is 2. The summed E-state index contributed by atoms with van der Waals surface area (Å²) in [6.07, 6.45) is 3.14. The molecule has 3 rings (SSSR count). The molecule has 150 valence electrons. The number of methoxy groups -OCH3 is 1. The Hall–Kier alpha value is -3.61. The molecule has 0 saturated heterocycles. The number of hydrogen-bond donors (Lipinski definition) is 2. The number of rotatable bonds is 9. The summed E-state index contributed by atoms with van der Waals surface area (Å²) in [6.45, 7) is 1.31. The van der Waals surface area contributed by atoms with Gasteiger partial charge in [-0.05, 0) is 48.0 Å². The van der Waals surface area contributed by atoms with Crippen molar-refractivity contribution in [2.75, 3.05) is 25.6 Å². The van der Waals surface area contributed by atoms with Gasteiger partial charge in [0.2, 0.25) is 0 Å². The lowest BCUT2D eigenvalue weighted by Gasteiger charge is -2.10. The number of hydrogen-bond acceptors (Lipinski definition) is 5. The first-order valence-electron chi connectivity index (χ1n) is 9.12. The largest absolute Gasteiger partial charge is 0.497 e. The van der Waals surface area contributed by atoms with Gasteiger partial charge in [0.15, 0.2) is 0 Å². The third kappa shape index (κ3) is 6.21. The Morgan fingerprint density at radius 2 is 1.76 bits per heavy atom. The highest BCUT2D eigenvalue weighted by Gasteiger charge is 2.07. The predicted octanol–water partition coefficient (Wildman–Crippen LogP) is 3.65. The van der Waals surface area contributed by atoms with E-state index in [4.69, 9.17) is 9.47 Å². The maximum atomic E-state index is 12.9. The van der Waals surface area contributed by atoms with Gasteiger partial charge in [-0.1, -0.05) is 12.1 Å². The highest BCUT2D eigenvalue weighted by molar-refractivity contribution is 5.94. The summed E-state index contributed by atoms with van der Waals surface area (Å²) in [5.74, 6) is 0.967. The molecule has 0 aliphatic carbocycles. The second kappa shape index (κ2) is 10.1. The van der Waals surface area contributed by atoms with Gasteiger partial charge in [-0.25, -0.2) is 4.39 Å². The van der Waals surface area contributed by atoms with Crippen LogP contribution in [-0.4, -0.2) is 31.2 Å². The van der Waals surface area contributed by atoms with Gasteiger partial charge in [0.1, 0.15) is 23.9 Å². The van der Waals surface area contributed by atoms with Gasteiger partial charge in [-0.15, -0.1) is 0 Å². The van der Waals surface area contributed by atoms with Gasteiger partial charge in [0.25, 0.3) is 5.91 Å². The molecule has 0 radical (unpaired) electrons. The van der Waals surface area contributed by atoms with Crippen molar-refractivity contribution >= 4 is 11.6 Å². The van der Waals surface area contributed by atoms with Gasteiger partial charge in [0.05, 0.1) is 18.4 Å². The maximum absolute atomic E-state index is 12.9. The molecule has 6 nitrogen and oxygen atoms in total.